The third kappa shape index (κ3) is 12.0. The summed E-state index contributed by atoms with van der Waals surface area (Å²) in [5.74, 6) is 0. The van der Waals surface area contributed by atoms with E-state index in [0.717, 1.165) is 0 Å². The van der Waals surface area contributed by atoms with Gasteiger partial charge in [0.1, 0.15) is 0 Å². The van der Waals surface area contributed by atoms with Gasteiger partial charge >= 0.3 is 0 Å². The minimum Gasteiger partial charge on any atom is -0.152 e. The molecule has 0 spiro atoms. The van der Waals surface area contributed by atoms with Crippen LogP contribution in [0.4, 0.5) is 0 Å². The summed E-state index contributed by atoms with van der Waals surface area (Å²) in [5, 5.41) is 6.27. The van der Waals surface area contributed by atoms with Crippen LogP contribution in [0.15, 0.2) is 40.4 Å². The van der Waals surface area contributed by atoms with Gasteiger partial charge in [-0.2, -0.15) is 11.3 Å². The quantitative estimate of drug-likeness (QED) is 0.365. The van der Waals surface area contributed by atoms with Crippen LogP contribution in [0.5, 0.6) is 0 Å². The smallest absolute Gasteiger partial charge is 0.00452 e. The van der Waals surface area contributed by atoms with E-state index in [1.165, 1.54) is 70.6 Å². The van der Waals surface area contributed by atoms with Crippen LogP contribution >= 0.6 is 22.7 Å². The van der Waals surface area contributed by atoms with Crippen molar-refractivity contribution in [3.63, 3.8) is 0 Å². The largest absolute Gasteiger partial charge is 0.152 e. The van der Waals surface area contributed by atoms with Gasteiger partial charge in [-0.1, -0.05) is 82.9 Å². The van der Waals surface area contributed by atoms with Crippen LogP contribution in [0.2, 0.25) is 0 Å². The number of thiophene rings is 2. The molecule has 2 heteroatoms. The number of hydrogen-bond acceptors (Lipinski definition) is 2. The van der Waals surface area contributed by atoms with Crippen molar-refractivity contribution in [2.45, 2.75) is 77.6 Å². The SMILES string of the molecule is CCCCCCCCCCCCc1cccs1.c1ccsc1. The van der Waals surface area contributed by atoms with E-state index in [4.69, 9.17) is 0 Å². The molecular weight excluding hydrogens is 304 g/mol. The van der Waals surface area contributed by atoms with Gasteiger partial charge in [0.15, 0.2) is 0 Å². The van der Waals surface area contributed by atoms with Crippen LogP contribution in [0, 0.1) is 0 Å². The van der Waals surface area contributed by atoms with Crippen molar-refractivity contribution in [2.75, 3.05) is 0 Å². The topological polar surface area (TPSA) is 0 Å². The Balaban J connectivity index is 0.000000406. The van der Waals surface area contributed by atoms with Gasteiger partial charge < -0.3 is 0 Å². The molecule has 0 aliphatic heterocycles. The first-order chi connectivity index (χ1) is 10.9. The molecule has 0 aromatic carbocycles. The maximum atomic E-state index is 2.29. The second kappa shape index (κ2) is 15.3. The predicted molar refractivity (Wildman–Crippen MR) is 104 cm³/mol. The molecule has 0 fully saturated rings. The molecular formula is C20H32S2. The molecule has 0 aliphatic carbocycles. The van der Waals surface area contributed by atoms with Gasteiger partial charge in [-0.25, -0.2) is 0 Å². The molecule has 124 valence electrons. The summed E-state index contributed by atoms with van der Waals surface area (Å²) in [5.41, 5.74) is 0. The van der Waals surface area contributed by atoms with Crippen molar-refractivity contribution in [3.8, 4) is 0 Å². The summed E-state index contributed by atoms with van der Waals surface area (Å²) in [4.78, 5) is 1.56. The first kappa shape index (κ1) is 19.4. The average Bonchev–Trinajstić information content (AvgIpc) is 3.25. The molecule has 2 aromatic heterocycles. The molecule has 22 heavy (non-hydrogen) atoms. The van der Waals surface area contributed by atoms with E-state index >= 15 is 0 Å². The Morgan fingerprint density at radius 2 is 1.27 bits per heavy atom. The lowest BCUT2D eigenvalue weighted by atomic mass is 10.1. The third-order valence-corrected chi connectivity index (χ3v) is 5.35. The van der Waals surface area contributed by atoms with Crippen LogP contribution in [-0.2, 0) is 6.42 Å². The van der Waals surface area contributed by atoms with Crippen molar-refractivity contribution in [1.82, 2.24) is 0 Å². The van der Waals surface area contributed by atoms with E-state index < -0.39 is 0 Å². The van der Waals surface area contributed by atoms with E-state index in [0.29, 0.717) is 0 Å². The van der Waals surface area contributed by atoms with Gasteiger partial charge in [0.25, 0.3) is 0 Å². The van der Waals surface area contributed by atoms with Crippen molar-refractivity contribution in [2.24, 2.45) is 0 Å². The van der Waals surface area contributed by atoms with Crippen LogP contribution in [0.3, 0.4) is 0 Å². The second-order valence-corrected chi connectivity index (χ2v) is 7.65. The van der Waals surface area contributed by atoms with E-state index in [-0.39, 0.29) is 0 Å². The Labute approximate surface area is 145 Å². The van der Waals surface area contributed by atoms with E-state index in [2.05, 4.69) is 24.4 Å². The maximum absolute atomic E-state index is 2.29. The number of unbranched alkanes of at least 4 members (excludes halogenated alkanes) is 9. The van der Waals surface area contributed by atoms with Crippen LogP contribution < -0.4 is 0 Å². The number of aryl methyl sites for hydroxylation is 1. The first-order valence-electron chi connectivity index (χ1n) is 8.93. The summed E-state index contributed by atoms with van der Waals surface area (Å²) >= 11 is 3.62. The first-order valence-corrected chi connectivity index (χ1v) is 10.7. The fraction of sp³-hybridized carbons (Fsp3) is 0.600. The highest BCUT2D eigenvalue weighted by Crippen LogP contribution is 2.14. The van der Waals surface area contributed by atoms with Crippen LogP contribution in [0.1, 0.15) is 76.0 Å². The Bertz CT molecular complexity index is 372. The van der Waals surface area contributed by atoms with E-state index in [1.807, 2.05) is 34.2 Å². The van der Waals surface area contributed by atoms with Gasteiger partial charge in [0, 0.05) is 4.88 Å². The zero-order valence-electron chi connectivity index (χ0n) is 14.1. The summed E-state index contributed by atoms with van der Waals surface area (Å²) in [6.07, 6.45) is 15.6. The van der Waals surface area contributed by atoms with E-state index in [1.54, 1.807) is 16.2 Å². The van der Waals surface area contributed by atoms with E-state index in [9.17, 15) is 0 Å². The molecule has 0 saturated heterocycles. The van der Waals surface area contributed by atoms with Gasteiger partial charge in [-0.15, -0.1) is 11.3 Å². The molecule has 0 atom stereocenters. The fourth-order valence-electron chi connectivity index (χ4n) is 2.47. The van der Waals surface area contributed by atoms with Gasteiger partial charge in [0.05, 0.1) is 0 Å². The molecule has 0 amide bonds. The van der Waals surface area contributed by atoms with Crippen LogP contribution in [0.25, 0.3) is 0 Å². The van der Waals surface area contributed by atoms with Gasteiger partial charge in [-0.3, -0.25) is 0 Å². The predicted octanol–water partition coefficient (Wildman–Crippen LogP) is 7.96. The van der Waals surface area contributed by atoms with Crippen molar-refractivity contribution in [1.29, 1.82) is 0 Å². The van der Waals surface area contributed by atoms with Crippen molar-refractivity contribution >= 4 is 22.7 Å². The lowest BCUT2D eigenvalue weighted by Crippen LogP contribution is -1.83. The monoisotopic (exact) mass is 336 g/mol. The Morgan fingerprint density at radius 1 is 0.682 bits per heavy atom. The summed E-state index contributed by atoms with van der Waals surface area (Å²) in [7, 11) is 0. The highest BCUT2D eigenvalue weighted by Gasteiger charge is 1.95. The Morgan fingerprint density at radius 3 is 1.73 bits per heavy atom. The third-order valence-electron chi connectivity index (χ3n) is 3.78. The molecule has 0 N–H and O–H groups in total. The molecule has 0 unspecified atom stereocenters. The highest BCUT2D eigenvalue weighted by atomic mass is 32.1. The lowest BCUT2D eigenvalue weighted by Gasteiger charge is -2.01. The molecule has 0 nitrogen and oxygen atoms in total. The zero-order valence-corrected chi connectivity index (χ0v) is 15.8. The van der Waals surface area contributed by atoms with Gasteiger partial charge in [0.2, 0.25) is 0 Å². The number of hydrogen-bond donors (Lipinski definition) is 0. The Hall–Kier alpha value is -0.600. The maximum Gasteiger partial charge on any atom is 0.00452 e. The Kier molecular flexibility index (Phi) is 13.5. The van der Waals surface area contributed by atoms with Crippen molar-refractivity contribution in [3.05, 3.63) is 45.3 Å². The van der Waals surface area contributed by atoms with Crippen molar-refractivity contribution < 1.29 is 0 Å². The minimum atomic E-state index is 1.30. The highest BCUT2D eigenvalue weighted by molar-refractivity contribution is 7.09. The summed E-state index contributed by atoms with van der Waals surface area (Å²) in [6, 6.07) is 8.46. The minimum absolute atomic E-state index is 1.30. The fourth-order valence-corrected chi connectivity index (χ4v) is 3.67. The van der Waals surface area contributed by atoms with Gasteiger partial charge in [-0.05, 0) is 35.0 Å². The summed E-state index contributed by atoms with van der Waals surface area (Å²) in [6.45, 7) is 2.29. The molecule has 2 rings (SSSR count). The normalized spacial score (nSPS) is 10.2. The lowest BCUT2D eigenvalue weighted by molar-refractivity contribution is 0.557. The standard InChI is InChI=1S/C16H28S.C4H4S/c1-2-3-4-5-6-7-8-9-10-11-13-16-14-12-15-17-16;1-2-4-5-3-1/h12,14-15H,2-11,13H2,1H3;1-4H. The summed E-state index contributed by atoms with van der Waals surface area (Å²) < 4.78 is 0. The molecule has 2 aromatic rings. The molecule has 0 aliphatic rings. The second-order valence-electron chi connectivity index (χ2n) is 5.80. The van der Waals surface area contributed by atoms with Crippen LogP contribution in [-0.4, -0.2) is 0 Å². The zero-order chi connectivity index (χ0) is 15.7. The molecule has 0 radical (unpaired) electrons. The molecule has 0 saturated carbocycles. The molecule has 0 bridgehead atoms. The average molecular weight is 337 g/mol. The molecule has 2 heterocycles. The number of rotatable bonds is 11.